The SMILES string of the molecule is COn1cc(C[C@@]2(O)C(=O)O[C@@H]3[C@@H](O)CO[C@@]32O)c2ccccc21. The van der Waals surface area contributed by atoms with Gasteiger partial charge in [0.15, 0.2) is 6.10 Å². The number of aliphatic hydroxyl groups excluding tert-OH is 1. The monoisotopic (exact) mass is 335 g/mol. The molecule has 128 valence electrons. The van der Waals surface area contributed by atoms with E-state index in [0.29, 0.717) is 5.56 Å². The van der Waals surface area contributed by atoms with Gasteiger partial charge in [-0.3, -0.25) is 0 Å². The van der Waals surface area contributed by atoms with Crippen LogP contribution in [0, 0.1) is 0 Å². The van der Waals surface area contributed by atoms with Gasteiger partial charge in [-0.25, -0.2) is 4.79 Å². The van der Waals surface area contributed by atoms with Gasteiger partial charge in [0.25, 0.3) is 0 Å². The number of hydrogen-bond acceptors (Lipinski definition) is 7. The van der Waals surface area contributed by atoms with Crippen molar-refractivity contribution in [1.82, 2.24) is 4.73 Å². The summed E-state index contributed by atoms with van der Waals surface area (Å²) in [6.07, 6.45) is -1.13. The smallest absolute Gasteiger partial charge is 0.344 e. The Balaban J connectivity index is 1.79. The summed E-state index contributed by atoms with van der Waals surface area (Å²) in [5.74, 6) is -3.32. The molecule has 4 atom stereocenters. The van der Waals surface area contributed by atoms with Gasteiger partial charge in [-0.05, 0) is 11.6 Å². The maximum absolute atomic E-state index is 12.2. The Hall–Kier alpha value is -2.13. The van der Waals surface area contributed by atoms with Crippen LogP contribution in [0.3, 0.4) is 0 Å². The molecule has 3 heterocycles. The van der Waals surface area contributed by atoms with Gasteiger partial charge in [0.2, 0.25) is 11.4 Å². The van der Waals surface area contributed by atoms with Gasteiger partial charge in [0.1, 0.15) is 13.2 Å². The van der Waals surface area contributed by atoms with E-state index in [4.69, 9.17) is 14.3 Å². The molecule has 8 heteroatoms. The van der Waals surface area contributed by atoms with Gasteiger partial charge < -0.3 is 29.6 Å². The number of ether oxygens (including phenoxy) is 2. The van der Waals surface area contributed by atoms with Gasteiger partial charge in [-0.15, -0.1) is 0 Å². The third-order valence-electron chi connectivity index (χ3n) is 4.78. The maximum atomic E-state index is 12.2. The molecule has 3 N–H and O–H groups in total. The Morgan fingerprint density at radius 1 is 1.38 bits per heavy atom. The average molecular weight is 335 g/mol. The molecule has 0 radical (unpaired) electrons. The lowest BCUT2D eigenvalue weighted by Crippen LogP contribution is -2.59. The van der Waals surface area contributed by atoms with Gasteiger partial charge in [0.05, 0.1) is 12.1 Å². The molecule has 0 aliphatic carbocycles. The van der Waals surface area contributed by atoms with E-state index in [1.165, 1.54) is 11.8 Å². The van der Waals surface area contributed by atoms with E-state index in [1.54, 1.807) is 6.20 Å². The minimum atomic E-state index is -2.32. The molecule has 1 aromatic carbocycles. The molecule has 8 nitrogen and oxygen atoms in total. The van der Waals surface area contributed by atoms with Crippen molar-refractivity contribution in [3.63, 3.8) is 0 Å². The number of rotatable bonds is 3. The van der Waals surface area contributed by atoms with Crippen LogP contribution in [-0.2, 0) is 20.7 Å². The fourth-order valence-corrected chi connectivity index (χ4v) is 3.50. The summed E-state index contributed by atoms with van der Waals surface area (Å²) in [6, 6.07) is 7.29. The molecule has 2 aliphatic rings. The molecular formula is C16H17NO7. The normalized spacial score (nSPS) is 35.2. The number of fused-ring (bicyclic) bond motifs is 2. The van der Waals surface area contributed by atoms with Gasteiger partial charge in [-0.1, -0.05) is 18.2 Å². The zero-order chi connectivity index (χ0) is 17.1. The molecule has 0 bridgehead atoms. The van der Waals surface area contributed by atoms with Crippen LogP contribution in [0.2, 0.25) is 0 Å². The highest BCUT2D eigenvalue weighted by Gasteiger charge is 2.73. The van der Waals surface area contributed by atoms with Crippen molar-refractivity contribution in [2.45, 2.75) is 30.0 Å². The Morgan fingerprint density at radius 3 is 2.88 bits per heavy atom. The van der Waals surface area contributed by atoms with E-state index < -0.39 is 29.6 Å². The van der Waals surface area contributed by atoms with Crippen molar-refractivity contribution in [2.75, 3.05) is 13.7 Å². The zero-order valence-corrected chi connectivity index (χ0v) is 12.9. The fraction of sp³-hybridized carbons (Fsp3) is 0.438. The van der Waals surface area contributed by atoms with Crippen molar-refractivity contribution in [1.29, 1.82) is 0 Å². The summed E-state index contributed by atoms with van der Waals surface area (Å²) in [4.78, 5) is 17.5. The number of esters is 1. The predicted octanol–water partition coefficient (Wildman–Crippen LogP) is -1.02. The van der Waals surface area contributed by atoms with Crippen LogP contribution in [-0.4, -0.2) is 63.3 Å². The van der Waals surface area contributed by atoms with Crippen molar-refractivity contribution >= 4 is 16.9 Å². The largest absolute Gasteiger partial charge is 0.451 e. The van der Waals surface area contributed by atoms with Gasteiger partial charge in [0, 0.05) is 18.0 Å². The fourth-order valence-electron chi connectivity index (χ4n) is 3.50. The first-order valence-electron chi connectivity index (χ1n) is 7.52. The topological polar surface area (TPSA) is 110 Å². The summed E-state index contributed by atoms with van der Waals surface area (Å²) in [5.41, 5.74) is -0.996. The lowest BCUT2D eigenvalue weighted by atomic mass is 9.85. The minimum absolute atomic E-state index is 0.226. The van der Waals surface area contributed by atoms with Crippen LogP contribution in [0.1, 0.15) is 5.56 Å². The van der Waals surface area contributed by atoms with Crippen LogP contribution in [0.15, 0.2) is 30.5 Å². The Kier molecular flexibility index (Phi) is 3.17. The zero-order valence-electron chi connectivity index (χ0n) is 12.9. The first kappa shape index (κ1) is 15.4. The molecular weight excluding hydrogens is 318 g/mol. The highest BCUT2D eigenvalue weighted by Crippen LogP contribution is 2.45. The van der Waals surface area contributed by atoms with Crippen LogP contribution < -0.4 is 4.84 Å². The molecule has 0 unspecified atom stereocenters. The molecule has 0 spiro atoms. The molecule has 2 fully saturated rings. The molecule has 2 aromatic rings. The standard InChI is InChI=1S/C16H17NO7/c1-22-17-7-9(10-4-2-3-5-11(10)17)6-15(20)14(19)24-13-12(18)8-23-16(13,15)21/h2-5,7,12-13,18,20-21H,6,8H2,1H3/t12-,13+,15+,16-/m0/s1. The van der Waals surface area contributed by atoms with Crippen LogP contribution >= 0.6 is 0 Å². The Morgan fingerprint density at radius 2 is 2.12 bits per heavy atom. The molecule has 4 rings (SSSR count). The summed E-state index contributed by atoms with van der Waals surface area (Å²) in [7, 11) is 1.49. The number of nitrogens with zero attached hydrogens (tertiary/aromatic N) is 1. The highest BCUT2D eigenvalue weighted by atomic mass is 16.7. The second kappa shape index (κ2) is 4.93. The number of carbonyl (C=O) groups excluding carboxylic acids is 1. The van der Waals surface area contributed by atoms with Crippen molar-refractivity contribution in [2.24, 2.45) is 0 Å². The van der Waals surface area contributed by atoms with E-state index in [9.17, 15) is 20.1 Å². The summed E-state index contributed by atoms with van der Waals surface area (Å²) < 4.78 is 11.6. The molecule has 0 saturated carbocycles. The third-order valence-corrected chi connectivity index (χ3v) is 4.78. The van der Waals surface area contributed by atoms with E-state index in [1.807, 2.05) is 24.3 Å². The Bertz CT molecular complexity index is 818. The van der Waals surface area contributed by atoms with E-state index in [0.717, 1.165) is 10.9 Å². The minimum Gasteiger partial charge on any atom is -0.451 e. The number of para-hydroxylation sites is 1. The van der Waals surface area contributed by atoms with Crippen molar-refractivity contribution in [3.8, 4) is 0 Å². The first-order valence-corrected chi connectivity index (χ1v) is 7.52. The molecule has 1 aromatic heterocycles. The molecule has 2 saturated heterocycles. The molecule has 24 heavy (non-hydrogen) atoms. The summed E-state index contributed by atoms with van der Waals surface area (Å²) >= 11 is 0. The average Bonchev–Trinajstić information content (AvgIpc) is 3.14. The van der Waals surface area contributed by atoms with Crippen molar-refractivity contribution < 1.29 is 34.4 Å². The number of hydrogen-bond donors (Lipinski definition) is 3. The lowest BCUT2D eigenvalue weighted by Gasteiger charge is -2.31. The quantitative estimate of drug-likeness (QED) is 0.616. The third kappa shape index (κ3) is 1.79. The van der Waals surface area contributed by atoms with Crippen LogP contribution in [0.4, 0.5) is 0 Å². The number of benzene rings is 1. The van der Waals surface area contributed by atoms with Crippen LogP contribution in [0.25, 0.3) is 10.9 Å². The summed E-state index contributed by atoms with van der Waals surface area (Å²) in [6.45, 7) is -0.226. The number of carbonyl (C=O) groups is 1. The van der Waals surface area contributed by atoms with E-state index in [-0.39, 0.29) is 13.0 Å². The predicted molar refractivity (Wildman–Crippen MR) is 79.9 cm³/mol. The highest BCUT2D eigenvalue weighted by molar-refractivity contribution is 5.88. The van der Waals surface area contributed by atoms with Gasteiger partial charge >= 0.3 is 5.97 Å². The molecule has 0 amide bonds. The lowest BCUT2D eigenvalue weighted by molar-refractivity contribution is -0.262. The maximum Gasteiger partial charge on any atom is 0.344 e. The Labute approximate surface area is 136 Å². The van der Waals surface area contributed by atoms with E-state index >= 15 is 0 Å². The summed E-state index contributed by atoms with van der Waals surface area (Å²) in [5, 5.41) is 32.1. The first-order chi connectivity index (χ1) is 11.4. The van der Waals surface area contributed by atoms with E-state index in [2.05, 4.69) is 0 Å². The number of aromatic nitrogens is 1. The second-order valence-electron chi connectivity index (χ2n) is 6.12. The number of aliphatic hydroxyl groups is 3. The molecule has 2 aliphatic heterocycles. The second-order valence-corrected chi connectivity index (χ2v) is 6.12. The van der Waals surface area contributed by atoms with Crippen molar-refractivity contribution in [3.05, 3.63) is 36.0 Å². The van der Waals surface area contributed by atoms with Crippen LogP contribution in [0.5, 0.6) is 0 Å². The van der Waals surface area contributed by atoms with Gasteiger partial charge in [-0.2, -0.15) is 4.73 Å².